The lowest BCUT2D eigenvalue weighted by atomic mass is 10.0. The van der Waals surface area contributed by atoms with Crippen LogP contribution in [0.1, 0.15) is 30.9 Å². The maximum atomic E-state index is 6.55. The van der Waals surface area contributed by atoms with Gasteiger partial charge in [0.05, 0.1) is 31.6 Å². The Morgan fingerprint density at radius 2 is 1.75 bits per heavy atom. The van der Waals surface area contributed by atoms with Crippen molar-refractivity contribution < 1.29 is 9.57 Å². The van der Waals surface area contributed by atoms with Crippen LogP contribution in [0.5, 0.6) is 5.75 Å². The molecule has 4 heterocycles. The number of ether oxygens (including phenoxy) is 1. The smallest absolute Gasteiger partial charge is 0.229 e. The van der Waals surface area contributed by atoms with Crippen LogP contribution < -0.4 is 20.0 Å². The number of aromatic nitrogens is 2. The van der Waals surface area contributed by atoms with E-state index >= 15 is 0 Å². The number of rotatable bonds is 7. The molecule has 3 aliphatic rings. The maximum Gasteiger partial charge on any atom is 0.229 e. The first-order chi connectivity index (χ1) is 19.6. The number of piperazine rings is 1. The van der Waals surface area contributed by atoms with Crippen LogP contribution in [-0.2, 0) is 4.84 Å². The van der Waals surface area contributed by atoms with Crippen molar-refractivity contribution in [3.63, 3.8) is 0 Å². The predicted octanol–water partition coefficient (Wildman–Crippen LogP) is 4.98. The molecule has 2 aromatic carbocycles. The van der Waals surface area contributed by atoms with E-state index in [0.717, 1.165) is 42.2 Å². The minimum atomic E-state index is 0.0428. The van der Waals surface area contributed by atoms with Gasteiger partial charge in [0.2, 0.25) is 5.95 Å². The van der Waals surface area contributed by atoms with Gasteiger partial charge >= 0.3 is 0 Å². The van der Waals surface area contributed by atoms with Crippen LogP contribution >= 0.6 is 11.6 Å². The molecule has 9 nitrogen and oxygen atoms in total. The molecule has 40 heavy (non-hydrogen) atoms. The number of nitrogens with zero attached hydrogens (tertiary/aromatic N) is 6. The van der Waals surface area contributed by atoms with Gasteiger partial charge in [-0.15, -0.1) is 0 Å². The lowest BCUT2D eigenvalue weighted by Gasteiger charge is -2.42. The monoisotopic (exact) mass is 563 g/mol. The normalized spacial score (nSPS) is 21.1. The highest BCUT2D eigenvalue weighted by atomic mass is 35.5. The summed E-state index contributed by atoms with van der Waals surface area (Å²) in [6, 6.07) is 17.2. The van der Waals surface area contributed by atoms with E-state index in [9.17, 15) is 0 Å². The van der Waals surface area contributed by atoms with Crippen molar-refractivity contribution in [2.45, 2.75) is 31.3 Å². The Kier molecular flexibility index (Phi) is 8.25. The second-order valence-corrected chi connectivity index (χ2v) is 11.2. The predicted molar refractivity (Wildman–Crippen MR) is 160 cm³/mol. The molecule has 212 valence electrons. The fourth-order valence-electron chi connectivity index (χ4n) is 6.03. The number of hydrogen-bond donors (Lipinski definition) is 1. The van der Waals surface area contributed by atoms with Gasteiger partial charge < -0.3 is 19.9 Å². The van der Waals surface area contributed by atoms with E-state index in [1.165, 1.54) is 39.0 Å². The molecule has 0 saturated carbocycles. The highest BCUT2D eigenvalue weighted by Crippen LogP contribution is 2.38. The van der Waals surface area contributed by atoms with Gasteiger partial charge in [0.15, 0.2) is 5.82 Å². The third-order valence-corrected chi connectivity index (χ3v) is 8.59. The lowest BCUT2D eigenvalue weighted by Crippen LogP contribution is -2.52. The number of hydroxylamine groups is 1. The molecular formula is C30H38ClN7O2. The fraction of sp³-hybridized carbons (Fsp3) is 0.467. The second-order valence-electron chi connectivity index (χ2n) is 10.8. The molecule has 3 aromatic rings. The van der Waals surface area contributed by atoms with E-state index in [1.807, 2.05) is 24.3 Å². The minimum absolute atomic E-state index is 0.0428. The van der Waals surface area contributed by atoms with E-state index in [4.69, 9.17) is 26.2 Å². The quantitative estimate of drug-likeness (QED) is 0.428. The van der Waals surface area contributed by atoms with Gasteiger partial charge in [-0.25, -0.2) is 10.0 Å². The molecular weight excluding hydrogens is 526 g/mol. The van der Waals surface area contributed by atoms with E-state index < -0.39 is 0 Å². The van der Waals surface area contributed by atoms with Crippen LogP contribution in [0.15, 0.2) is 54.7 Å². The van der Waals surface area contributed by atoms with E-state index in [-0.39, 0.29) is 6.04 Å². The van der Waals surface area contributed by atoms with Crippen LogP contribution in [0.2, 0.25) is 5.02 Å². The van der Waals surface area contributed by atoms with Crippen LogP contribution in [0.4, 0.5) is 23.1 Å². The fourth-order valence-corrected chi connectivity index (χ4v) is 6.21. The zero-order valence-corrected chi connectivity index (χ0v) is 24.1. The Morgan fingerprint density at radius 3 is 2.50 bits per heavy atom. The first-order valence-electron chi connectivity index (χ1n) is 14.2. The third kappa shape index (κ3) is 5.83. The molecule has 10 heteroatoms. The number of likely N-dealkylation sites (N-methyl/N-ethyl adjacent to an activating group) is 1. The number of methoxy groups -OCH3 is 1. The minimum Gasteiger partial charge on any atom is -0.495 e. The van der Waals surface area contributed by atoms with Crippen molar-refractivity contribution in [1.82, 2.24) is 19.8 Å². The number of hydrogen-bond acceptors (Lipinski definition) is 9. The Hall–Kier alpha value is -3.11. The van der Waals surface area contributed by atoms with Crippen LogP contribution in [0, 0.1) is 0 Å². The number of piperidine rings is 1. The molecule has 0 bridgehead atoms. The highest BCUT2D eigenvalue weighted by Gasteiger charge is 2.31. The van der Waals surface area contributed by atoms with Gasteiger partial charge in [0, 0.05) is 63.5 Å². The summed E-state index contributed by atoms with van der Waals surface area (Å²) in [5.41, 5.74) is 3.14. The van der Waals surface area contributed by atoms with E-state index in [2.05, 4.69) is 56.3 Å². The number of anilines is 4. The van der Waals surface area contributed by atoms with Gasteiger partial charge in [-0.2, -0.15) is 4.98 Å². The molecule has 0 amide bonds. The number of nitrogens with one attached hydrogen (secondary N) is 1. The first kappa shape index (κ1) is 27.1. The Labute approximate surface area is 241 Å². The Balaban J connectivity index is 1.14. The summed E-state index contributed by atoms with van der Waals surface area (Å²) in [6.07, 6.45) is 4.83. The average Bonchev–Trinajstić information content (AvgIpc) is 3.49. The topological polar surface area (TPSA) is 69.2 Å². The van der Waals surface area contributed by atoms with Gasteiger partial charge in [-0.3, -0.25) is 9.74 Å². The summed E-state index contributed by atoms with van der Waals surface area (Å²) in [4.78, 5) is 22.7. The largest absolute Gasteiger partial charge is 0.495 e. The summed E-state index contributed by atoms with van der Waals surface area (Å²) in [7, 11) is 3.94. The lowest BCUT2D eigenvalue weighted by molar-refractivity contribution is 0.0981. The highest BCUT2D eigenvalue weighted by molar-refractivity contribution is 6.32. The molecule has 1 atom stereocenters. The van der Waals surface area contributed by atoms with Crippen molar-refractivity contribution in [1.29, 1.82) is 0 Å². The molecule has 0 aliphatic carbocycles. The Morgan fingerprint density at radius 1 is 0.975 bits per heavy atom. The molecule has 0 spiro atoms. The van der Waals surface area contributed by atoms with Gasteiger partial charge in [0.1, 0.15) is 10.8 Å². The Bertz CT molecular complexity index is 1280. The summed E-state index contributed by atoms with van der Waals surface area (Å²) in [6.45, 7) is 7.35. The van der Waals surface area contributed by atoms with Crippen molar-refractivity contribution in [3.05, 3.63) is 65.3 Å². The first-order valence-corrected chi connectivity index (χ1v) is 14.6. The number of halogens is 1. The zero-order valence-electron chi connectivity index (χ0n) is 23.3. The molecule has 3 aliphatic heterocycles. The van der Waals surface area contributed by atoms with Gasteiger partial charge in [0.25, 0.3) is 0 Å². The van der Waals surface area contributed by atoms with Crippen molar-refractivity contribution in [2.24, 2.45) is 0 Å². The molecule has 3 saturated heterocycles. The van der Waals surface area contributed by atoms with Crippen molar-refractivity contribution in [2.75, 3.05) is 75.3 Å². The van der Waals surface area contributed by atoms with Gasteiger partial charge in [-0.05, 0) is 37.6 Å². The number of benzene rings is 2. The molecule has 1 aromatic heterocycles. The third-order valence-electron chi connectivity index (χ3n) is 8.32. The van der Waals surface area contributed by atoms with Crippen LogP contribution in [0.3, 0.4) is 0 Å². The van der Waals surface area contributed by atoms with Gasteiger partial charge in [-0.1, -0.05) is 41.9 Å². The van der Waals surface area contributed by atoms with E-state index in [0.29, 0.717) is 29.4 Å². The summed E-state index contributed by atoms with van der Waals surface area (Å²) in [5, 5.41) is 5.59. The SMILES string of the molecule is COc1cc(Nc2ncc(Cl)c(N3OCC[C@H]3c3ccccc3)n2)ccc1N1CCC(N2CCN(C)CC2)CC1. The standard InChI is InChI=1S/C30H38ClN7O2/c1-35-15-17-36(18-16-35)24-10-13-37(14-11-24)27-9-8-23(20-28(27)39-2)33-30-32-21-25(31)29(34-30)38-26(12-19-40-38)22-6-4-3-5-7-22/h3-9,20-21,24,26H,10-19H2,1-2H3,(H,32,33,34)/t26-/m0/s1. The van der Waals surface area contributed by atoms with Crippen molar-refractivity contribution >= 4 is 34.7 Å². The maximum absolute atomic E-state index is 6.55. The molecule has 1 N–H and O–H groups in total. The summed E-state index contributed by atoms with van der Waals surface area (Å²) >= 11 is 6.55. The van der Waals surface area contributed by atoms with Crippen molar-refractivity contribution in [3.8, 4) is 5.75 Å². The molecule has 6 rings (SSSR count). The summed E-state index contributed by atoms with van der Waals surface area (Å²) < 4.78 is 5.83. The molecule has 0 unspecified atom stereocenters. The summed E-state index contributed by atoms with van der Waals surface area (Å²) in [5.74, 6) is 1.84. The molecule has 3 fully saturated rings. The molecule has 0 radical (unpaired) electrons. The van der Waals surface area contributed by atoms with Crippen LogP contribution in [0.25, 0.3) is 0 Å². The zero-order chi connectivity index (χ0) is 27.5. The second kappa shape index (κ2) is 12.2. The van der Waals surface area contributed by atoms with E-state index in [1.54, 1.807) is 18.4 Å². The average molecular weight is 564 g/mol. The van der Waals surface area contributed by atoms with Crippen LogP contribution in [-0.4, -0.2) is 85.8 Å².